The molecule has 0 spiro atoms. The van der Waals surface area contributed by atoms with Crippen LogP contribution < -0.4 is 16.8 Å². The summed E-state index contributed by atoms with van der Waals surface area (Å²) >= 11 is 2.98. The van der Waals surface area contributed by atoms with Crippen LogP contribution in [0.25, 0.3) is 0 Å². The van der Waals surface area contributed by atoms with Gasteiger partial charge in [0.25, 0.3) is 0 Å². The minimum atomic E-state index is -0.438. The molecule has 0 aliphatic carbocycles. The fourth-order valence-corrected chi connectivity index (χ4v) is 4.64. The molecule has 12 heteroatoms. The Kier molecular flexibility index (Phi) is 9.27. The first-order chi connectivity index (χ1) is 15.7. The lowest BCUT2D eigenvalue weighted by Gasteiger charge is -2.35. The summed E-state index contributed by atoms with van der Waals surface area (Å²) in [6, 6.07) is 0. The molecule has 2 aliphatic rings. The van der Waals surface area contributed by atoms with E-state index in [1.807, 2.05) is 31.5 Å². The molecule has 2 aromatic rings. The van der Waals surface area contributed by atoms with Crippen molar-refractivity contribution in [2.75, 3.05) is 63.8 Å². The maximum atomic E-state index is 11.9. The molecule has 5 N–H and O–H groups in total. The quantitative estimate of drug-likeness (QED) is 0.582. The summed E-state index contributed by atoms with van der Waals surface area (Å²) in [5.41, 5.74) is 12.8. The molecule has 0 saturated carbocycles. The molecular formula is C21H36N8O2S2. The van der Waals surface area contributed by atoms with E-state index in [1.54, 1.807) is 4.90 Å². The van der Waals surface area contributed by atoms with E-state index in [2.05, 4.69) is 25.1 Å². The van der Waals surface area contributed by atoms with Crippen molar-refractivity contribution >= 4 is 39.0 Å². The number of aromatic nitrogens is 2. The molecular weight excluding hydrogens is 460 g/mol. The van der Waals surface area contributed by atoms with Crippen LogP contribution in [-0.2, 0) is 17.8 Å². The summed E-state index contributed by atoms with van der Waals surface area (Å²) < 4.78 is 5.38. The SMILES string of the molecule is CC(C)(C)OC(=O)N1CCN(Cc2csc(N)n2)CC1.Nc1nc(CN2CCNCC2)cs1. The van der Waals surface area contributed by atoms with Crippen LogP contribution >= 0.6 is 22.7 Å². The first kappa shape index (κ1) is 25.6. The van der Waals surface area contributed by atoms with Crippen molar-refractivity contribution in [3.8, 4) is 0 Å². The van der Waals surface area contributed by atoms with Crippen molar-refractivity contribution in [3.05, 3.63) is 22.1 Å². The molecule has 0 unspecified atom stereocenters. The first-order valence-electron chi connectivity index (χ1n) is 11.2. The lowest BCUT2D eigenvalue weighted by atomic mass is 10.2. The predicted molar refractivity (Wildman–Crippen MR) is 134 cm³/mol. The number of nitrogens with zero attached hydrogens (tertiary/aromatic N) is 5. The maximum Gasteiger partial charge on any atom is 0.410 e. The molecule has 2 aromatic heterocycles. The molecule has 33 heavy (non-hydrogen) atoms. The van der Waals surface area contributed by atoms with Crippen molar-refractivity contribution in [3.63, 3.8) is 0 Å². The standard InChI is InChI=1S/C13H22N4O2S.C8H14N4S/c1-13(2,3)19-12(18)17-6-4-16(5-7-17)8-10-9-20-11(14)15-10;9-8-11-7(6-13-8)5-12-3-1-10-2-4-12/h9H,4-8H2,1-3H3,(H2,14,15);6,10H,1-5H2,(H2,9,11). The number of rotatable bonds is 4. The van der Waals surface area contributed by atoms with Gasteiger partial charge in [0.05, 0.1) is 11.4 Å². The van der Waals surface area contributed by atoms with E-state index in [9.17, 15) is 4.79 Å². The third-order valence-corrected chi connectivity index (χ3v) is 6.59. The second kappa shape index (κ2) is 11.9. The summed E-state index contributed by atoms with van der Waals surface area (Å²) in [5.74, 6) is 0. The Balaban J connectivity index is 0.000000203. The highest BCUT2D eigenvalue weighted by atomic mass is 32.1. The zero-order chi connectivity index (χ0) is 23.8. The van der Waals surface area contributed by atoms with E-state index in [1.165, 1.54) is 22.7 Å². The number of amides is 1. The molecule has 0 radical (unpaired) electrons. The van der Waals surface area contributed by atoms with Crippen LogP contribution in [0.1, 0.15) is 32.2 Å². The molecule has 4 rings (SSSR count). The number of piperazine rings is 2. The summed E-state index contributed by atoms with van der Waals surface area (Å²) in [4.78, 5) is 26.9. The topological polar surface area (TPSA) is 126 Å². The number of hydrogen-bond donors (Lipinski definition) is 3. The van der Waals surface area contributed by atoms with Gasteiger partial charge in [-0.05, 0) is 20.8 Å². The molecule has 2 saturated heterocycles. The number of anilines is 2. The van der Waals surface area contributed by atoms with Gasteiger partial charge in [0.15, 0.2) is 10.3 Å². The minimum absolute atomic E-state index is 0.227. The number of thiazole rings is 2. The lowest BCUT2D eigenvalue weighted by Crippen LogP contribution is -2.49. The Morgan fingerprint density at radius 1 is 0.939 bits per heavy atom. The van der Waals surface area contributed by atoms with Crippen molar-refractivity contribution in [1.82, 2.24) is 30.0 Å². The Labute approximate surface area is 203 Å². The third-order valence-electron chi connectivity index (χ3n) is 5.14. The highest BCUT2D eigenvalue weighted by Gasteiger charge is 2.26. The van der Waals surface area contributed by atoms with E-state index in [4.69, 9.17) is 16.2 Å². The minimum Gasteiger partial charge on any atom is -0.444 e. The summed E-state index contributed by atoms with van der Waals surface area (Å²) in [7, 11) is 0. The number of carbonyl (C=O) groups is 1. The first-order valence-corrected chi connectivity index (χ1v) is 13.0. The van der Waals surface area contributed by atoms with Crippen LogP contribution in [-0.4, -0.2) is 88.7 Å². The van der Waals surface area contributed by atoms with E-state index in [-0.39, 0.29) is 6.09 Å². The fourth-order valence-electron chi connectivity index (χ4n) is 3.53. The number of carbonyl (C=O) groups excluding carboxylic acids is 1. The van der Waals surface area contributed by atoms with Gasteiger partial charge in [-0.1, -0.05) is 0 Å². The van der Waals surface area contributed by atoms with Crippen molar-refractivity contribution in [2.24, 2.45) is 0 Å². The van der Waals surface area contributed by atoms with Crippen LogP contribution in [0.15, 0.2) is 10.8 Å². The molecule has 4 heterocycles. The summed E-state index contributed by atoms with van der Waals surface area (Å²) in [6.45, 7) is 14.8. The average molecular weight is 497 g/mol. The van der Waals surface area contributed by atoms with Gasteiger partial charge in [-0.3, -0.25) is 9.80 Å². The van der Waals surface area contributed by atoms with Gasteiger partial charge in [0.2, 0.25) is 0 Å². The van der Waals surface area contributed by atoms with E-state index >= 15 is 0 Å². The van der Waals surface area contributed by atoms with Crippen LogP contribution in [0.3, 0.4) is 0 Å². The highest BCUT2D eigenvalue weighted by molar-refractivity contribution is 7.13. The van der Waals surface area contributed by atoms with Crippen molar-refractivity contribution in [2.45, 2.75) is 39.5 Å². The zero-order valence-corrected chi connectivity index (χ0v) is 21.4. The van der Waals surface area contributed by atoms with Crippen molar-refractivity contribution < 1.29 is 9.53 Å². The van der Waals surface area contributed by atoms with Gasteiger partial charge >= 0.3 is 6.09 Å². The molecule has 0 bridgehead atoms. The maximum absolute atomic E-state index is 11.9. The molecule has 2 aliphatic heterocycles. The second-order valence-electron chi connectivity index (χ2n) is 9.12. The fraction of sp³-hybridized carbons (Fsp3) is 0.667. The lowest BCUT2D eigenvalue weighted by molar-refractivity contribution is 0.0138. The van der Waals surface area contributed by atoms with Gasteiger partial charge < -0.3 is 26.4 Å². The molecule has 10 nitrogen and oxygen atoms in total. The van der Waals surface area contributed by atoms with E-state index in [0.29, 0.717) is 23.4 Å². The zero-order valence-electron chi connectivity index (χ0n) is 19.7. The molecule has 0 aromatic carbocycles. The number of nitrogens with one attached hydrogen (secondary N) is 1. The predicted octanol–water partition coefficient (Wildman–Crippen LogP) is 1.91. The number of hydrogen-bond acceptors (Lipinski definition) is 11. The molecule has 184 valence electrons. The summed E-state index contributed by atoms with van der Waals surface area (Å²) in [6.07, 6.45) is -0.227. The Bertz CT molecular complexity index is 868. The van der Waals surface area contributed by atoms with Gasteiger partial charge in [-0.2, -0.15) is 0 Å². The number of nitrogens with two attached hydrogens (primary N) is 2. The van der Waals surface area contributed by atoms with Gasteiger partial charge in [0, 0.05) is 76.2 Å². The highest BCUT2D eigenvalue weighted by Crippen LogP contribution is 2.16. The van der Waals surface area contributed by atoms with Crippen LogP contribution in [0.4, 0.5) is 15.1 Å². The average Bonchev–Trinajstić information content (AvgIpc) is 3.36. The van der Waals surface area contributed by atoms with Gasteiger partial charge in [0.1, 0.15) is 5.60 Å². The third kappa shape index (κ3) is 9.05. The Morgan fingerprint density at radius 2 is 1.42 bits per heavy atom. The van der Waals surface area contributed by atoms with Crippen LogP contribution in [0.5, 0.6) is 0 Å². The van der Waals surface area contributed by atoms with Gasteiger partial charge in [-0.25, -0.2) is 14.8 Å². The second-order valence-corrected chi connectivity index (χ2v) is 10.9. The Hall–Kier alpha value is -1.99. The molecule has 2 fully saturated rings. The molecule has 0 atom stereocenters. The Morgan fingerprint density at radius 3 is 1.85 bits per heavy atom. The van der Waals surface area contributed by atoms with Crippen LogP contribution in [0, 0.1) is 0 Å². The molecule has 1 amide bonds. The van der Waals surface area contributed by atoms with E-state index < -0.39 is 5.60 Å². The normalized spacial score (nSPS) is 18.0. The van der Waals surface area contributed by atoms with Gasteiger partial charge in [-0.15, -0.1) is 22.7 Å². The monoisotopic (exact) mass is 496 g/mol. The van der Waals surface area contributed by atoms with Crippen LogP contribution in [0.2, 0.25) is 0 Å². The number of ether oxygens (including phenoxy) is 1. The van der Waals surface area contributed by atoms with E-state index in [0.717, 1.165) is 63.7 Å². The van der Waals surface area contributed by atoms with Crippen molar-refractivity contribution in [1.29, 1.82) is 0 Å². The number of nitrogen functional groups attached to an aromatic ring is 2. The largest absolute Gasteiger partial charge is 0.444 e. The summed E-state index contributed by atoms with van der Waals surface area (Å²) in [5, 5.41) is 8.62. The smallest absolute Gasteiger partial charge is 0.410 e.